The number of rotatable bonds is 23. The lowest BCUT2D eigenvalue weighted by Crippen LogP contribution is -2.11. The number of hydrogen-bond donors (Lipinski definition) is 9. The van der Waals surface area contributed by atoms with E-state index < -0.39 is 36.5 Å². The highest BCUT2D eigenvalue weighted by Gasteiger charge is 2.26. The van der Waals surface area contributed by atoms with E-state index in [9.17, 15) is 24.0 Å². The number of hydrogen-bond acceptors (Lipinski definition) is 17. The van der Waals surface area contributed by atoms with Crippen LogP contribution in [0.25, 0.3) is 0 Å². The van der Waals surface area contributed by atoms with Crippen molar-refractivity contribution >= 4 is 35.5 Å². The first-order chi connectivity index (χ1) is 35.5. The maximum absolute atomic E-state index is 10.6. The van der Waals surface area contributed by atoms with Crippen LogP contribution >= 0.6 is 0 Å². The van der Waals surface area contributed by atoms with Crippen LogP contribution in [0.3, 0.4) is 0 Å². The van der Waals surface area contributed by atoms with E-state index in [0.717, 1.165) is 34.6 Å². The lowest BCUT2D eigenvalue weighted by Gasteiger charge is -2.27. The normalized spacial score (nSPS) is 11.4. The van der Waals surface area contributed by atoms with Gasteiger partial charge in [-0.05, 0) is 53.9 Å². The molecule has 1 aliphatic heterocycles. The van der Waals surface area contributed by atoms with Gasteiger partial charge in [0.2, 0.25) is 0 Å². The molecule has 0 radical (unpaired) electrons. The summed E-state index contributed by atoms with van der Waals surface area (Å²) in [5.74, 6) is -0.265. The number of para-hydroxylation sites is 1. The van der Waals surface area contributed by atoms with Crippen LogP contribution in [0.15, 0.2) is 115 Å². The van der Waals surface area contributed by atoms with Gasteiger partial charge in [-0.1, -0.05) is 67.6 Å². The van der Waals surface area contributed by atoms with E-state index in [1.807, 2.05) is 24.3 Å². The maximum Gasteiger partial charge on any atom is 0.341 e. The van der Waals surface area contributed by atoms with Crippen LogP contribution in [-0.2, 0) is 41.9 Å². The summed E-state index contributed by atoms with van der Waals surface area (Å²) in [4.78, 5) is 51.1. The molecule has 0 aromatic heterocycles. The number of benzene rings is 5. The first-order valence-corrected chi connectivity index (χ1v) is 22.2. The molecule has 74 heavy (non-hydrogen) atoms. The molecular weight excluding hydrogens is 975 g/mol. The van der Waals surface area contributed by atoms with Crippen LogP contribution in [0.4, 0.5) is 5.69 Å². The smallest absolute Gasteiger partial charge is 0.341 e. The van der Waals surface area contributed by atoms with E-state index in [2.05, 4.69) is 23.0 Å². The van der Waals surface area contributed by atoms with Gasteiger partial charge >= 0.3 is 29.8 Å². The van der Waals surface area contributed by atoms with Gasteiger partial charge in [-0.25, -0.2) is 24.0 Å². The lowest BCUT2D eigenvalue weighted by molar-refractivity contribution is -0.142. The van der Waals surface area contributed by atoms with Crippen LogP contribution in [-0.4, -0.2) is 138 Å². The fourth-order valence-corrected chi connectivity index (χ4v) is 6.10. The average Bonchev–Trinajstić information content (AvgIpc) is 3.40. The Hall–Kier alpha value is -8.57. The third-order valence-corrected chi connectivity index (χ3v) is 9.39. The second-order valence-electron chi connectivity index (χ2n) is 14.6. The molecule has 1 unspecified atom stereocenters. The molecule has 0 saturated carbocycles. The molecule has 1 aliphatic rings. The summed E-state index contributed by atoms with van der Waals surface area (Å²) >= 11 is 0. The summed E-state index contributed by atoms with van der Waals surface area (Å²) in [5, 5.41) is 70.5. The highest BCUT2D eigenvalue weighted by molar-refractivity contribution is 5.71. The fourth-order valence-electron chi connectivity index (χ4n) is 6.10. The molecule has 0 bridgehead atoms. The Kier molecular flexibility index (Phi) is 28.9. The van der Waals surface area contributed by atoms with E-state index in [1.165, 1.54) is 25.9 Å². The second-order valence-corrected chi connectivity index (χ2v) is 14.6. The van der Waals surface area contributed by atoms with E-state index in [1.54, 1.807) is 85.9 Å². The van der Waals surface area contributed by atoms with Crippen molar-refractivity contribution in [2.45, 2.75) is 32.5 Å². The lowest BCUT2D eigenvalue weighted by atomic mass is 9.86. The molecular formula is C52H61NO21. The van der Waals surface area contributed by atoms with Crippen molar-refractivity contribution in [3.05, 3.63) is 138 Å². The molecule has 0 aliphatic carbocycles. The van der Waals surface area contributed by atoms with Gasteiger partial charge in [-0.15, -0.1) is 0 Å². The minimum Gasteiger partial charge on any atom is -0.494 e. The molecule has 6 rings (SSSR count). The van der Waals surface area contributed by atoms with Gasteiger partial charge in [0.25, 0.3) is 0 Å². The van der Waals surface area contributed by atoms with Crippen LogP contribution in [0, 0.1) is 0 Å². The Labute approximate surface area is 426 Å². The van der Waals surface area contributed by atoms with E-state index >= 15 is 0 Å². The van der Waals surface area contributed by atoms with Crippen LogP contribution in [0.2, 0.25) is 0 Å². The standard InChI is InChI=1S/C17H16O4.C11H15NO5.2C9H10O4.C6H10O4/c1-2-12-13-5-3-4-6-15(13)21-16-9-11(7-8-14(12)16)20-10-17(18)19;1-12-11-8(15-2)4-7(5-9(11)16-3)17-6-10(13)14;2*10-5-7-1-3-8(4-2-7)13-6-9(11)12;7-3-1-2-4-10-5-6(8)9/h3-9,12H,2,10H2,1H3,(H,18,19);4-5,12H,6H2,1-3H3,(H,13,14);2*1-4,10H,5-6H2,(H,11,12);1-2,7H,3-5H2,(H,8,9)/b;;;;2-1-. The van der Waals surface area contributed by atoms with Crippen molar-refractivity contribution in [3.8, 4) is 46.0 Å². The molecule has 22 nitrogen and oxygen atoms in total. The highest BCUT2D eigenvalue weighted by atomic mass is 16.5. The average molecular weight is 1040 g/mol. The van der Waals surface area contributed by atoms with E-state index in [-0.39, 0.29) is 52.9 Å². The number of nitrogens with one attached hydrogen (secondary N) is 1. The number of methoxy groups -OCH3 is 2. The summed E-state index contributed by atoms with van der Waals surface area (Å²) in [7, 11) is 4.76. The molecule has 1 atom stereocenters. The number of carboxylic acids is 5. The predicted molar refractivity (Wildman–Crippen MR) is 266 cm³/mol. The Morgan fingerprint density at radius 1 is 0.541 bits per heavy atom. The summed E-state index contributed by atoms with van der Waals surface area (Å²) in [6.07, 6.45) is 4.02. The molecule has 5 aromatic carbocycles. The largest absolute Gasteiger partial charge is 0.494 e. The molecule has 1 heterocycles. The SMILES string of the molecule is CCC1c2ccccc2Oc2cc(OCC(=O)O)ccc21.CNc1c(OC)cc(OCC(=O)O)cc1OC.O=C(O)COC/C=C\CO.O=C(O)COc1ccc(CO)cc1.O=C(O)COc1ccc(CO)cc1. The van der Waals surface area contributed by atoms with Gasteiger partial charge in [0, 0.05) is 42.3 Å². The number of fused-ring (bicyclic) bond motifs is 2. The number of carbonyl (C=O) groups is 5. The Morgan fingerprint density at radius 3 is 1.39 bits per heavy atom. The van der Waals surface area contributed by atoms with Crippen LogP contribution in [0.5, 0.6) is 46.0 Å². The number of anilines is 1. The van der Waals surface area contributed by atoms with Gasteiger partial charge in [-0.3, -0.25) is 0 Å². The number of ether oxygens (including phenoxy) is 8. The van der Waals surface area contributed by atoms with Crippen molar-refractivity contribution in [2.24, 2.45) is 0 Å². The number of aliphatic hydroxyl groups excluding tert-OH is 3. The van der Waals surface area contributed by atoms with Crippen molar-refractivity contribution in [1.82, 2.24) is 0 Å². The molecule has 400 valence electrons. The topological polar surface area (TPSA) is 333 Å². The minimum absolute atomic E-state index is 0.0286. The van der Waals surface area contributed by atoms with E-state index in [4.69, 9.17) is 74.0 Å². The summed E-state index contributed by atoms with van der Waals surface area (Å²) in [6, 6.07) is 29.9. The van der Waals surface area contributed by atoms with Gasteiger partial charge in [0.1, 0.15) is 58.3 Å². The Morgan fingerprint density at radius 2 is 0.973 bits per heavy atom. The third kappa shape index (κ3) is 23.6. The Balaban J connectivity index is 0.000000325. The summed E-state index contributed by atoms with van der Waals surface area (Å²) in [5.41, 5.74) is 4.51. The molecule has 0 amide bonds. The molecule has 0 spiro atoms. The third-order valence-electron chi connectivity index (χ3n) is 9.39. The van der Waals surface area contributed by atoms with Crippen molar-refractivity contribution in [3.63, 3.8) is 0 Å². The molecule has 22 heteroatoms. The van der Waals surface area contributed by atoms with Crippen molar-refractivity contribution in [2.75, 3.05) is 72.8 Å². The molecule has 9 N–H and O–H groups in total. The molecule has 0 saturated heterocycles. The minimum atomic E-state index is -1.04. The van der Waals surface area contributed by atoms with Gasteiger partial charge in [0.05, 0.1) is 40.6 Å². The highest BCUT2D eigenvalue weighted by Crippen LogP contribution is 2.46. The first-order valence-electron chi connectivity index (χ1n) is 22.2. The monoisotopic (exact) mass is 1040 g/mol. The van der Waals surface area contributed by atoms with Crippen LogP contribution in [0.1, 0.15) is 41.5 Å². The number of carboxylic acid groups (broad SMARTS) is 5. The maximum atomic E-state index is 10.6. The summed E-state index contributed by atoms with van der Waals surface area (Å²) < 4.78 is 40.9. The van der Waals surface area contributed by atoms with Gasteiger partial charge < -0.3 is 84.1 Å². The zero-order chi connectivity index (χ0) is 54.8. The predicted octanol–water partition coefficient (Wildman–Crippen LogP) is 5.93. The fraction of sp³-hybridized carbons (Fsp3) is 0.288. The molecule has 5 aromatic rings. The second kappa shape index (κ2) is 34.7. The van der Waals surface area contributed by atoms with Crippen molar-refractivity contribution < 1.29 is 103 Å². The Bertz CT molecular complexity index is 2440. The van der Waals surface area contributed by atoms with Gasteiger partial charge in [-0.2, -0.15) is 0 Å². The van der Waals surface area contributed by atoms with Gasteiger partial charge in [0.15, 0.2) is 26.4 Å². The summed E-state index contributed by atoms with van der Waals surface area (Å²) in [6.45, 7) is 0.512. The van der Waals surface area contributed by atoms with Crippen molar-refractivity contribution in [1.29, 1.82) is 0 Å². The van der Waals surface area contributed by atoms with E-state index in [0.29, 0.717) is 46.1 Å². The number of aliphatic carboxylic acids is 5. The quantitative estimate of drug-likeness (QED) is 0.0270. The van der Waals surface area contributed by atoms with Crippen LogP contribution < -0.4 is 38.5 Å². The molecule has 0 fully saturated rings. The first kappa shape index (κ1) is 61.5. The zero-order valence-electron chi connectivity index (χ0n) is 41.0. The zero-order valence-corrected chi connectivity index (χ0v) is 41.0. The number of aliphatic hydroxyl groups is 3.